The van der Waals surface area contributed by atoms with Gasteiger partial charge in [-0.1, -0.05) is 34.6 Å². The van der Waals surface area contributed by atoms with E-state index in [0.717, 1.165) is 18.4 Å². The van der Waals surface area contributed by atoms with Crippen LogP contribution >= 0.6 is 0 Å². The Hall–Kier alpha value is 0.137. The lowest BCUT2D eigenvalue weighted by Crippen LogP contribution is -2.49. The van der Waals surface area contributed by atoms with E-state index in [2.05, 4.69) is 52.6 Å². The van der Waals surface area contributed by atoms with Gasteiger partial charge in [-0.25, -0.2) is 0 Å². The van der Waals surface area contributed by atoms with Crippen molar-refractivity contribution in [3.63, 3.8) is 0 Å². The highest BCUT2D eigenvalue weighted by Crippen LogP contribution is 2.45. The van der Waals surface area contributed by atoms with Gasteiger partial charge in [0.1, 0.15) is 0 Å². The van der Waals surface area contributed by atoms with Crippen molar-refractivity contribution in [2.45, 2.75) is 71.1 Å². The molecule has 0 aromatic rings. The average Bonchev–Trinajstić information content (AvgIpc) is 2.65. The second kappa shape index (κ2) is 4.85. The van der Waals surface area contributed by atoms with Crippen LogP contribution in [0.1, 0.15) is 47.5 Å². The van der Waals surface area contributed by atoms with Crippen molar-refractivity contribution in [1.82, 2.24) is 4.90 Å². The molecule has 0 aromatic carbocycles. The monoisotopic (exact) mass is 283 g/mol. The van der Waals surface area contributed by atoms with Crippen LogP contribution in [0.5, 0.6) is 0 Å². The van der Waals surface area contributed by atoms with Gasteiger partial charge in [-0.2, -0.15) is 0 Å². The molecule has 2 heterocycles. The molecule has 2 unspecified atom stereocenters. The Morgan fingerprint density at radius 1 is 1.11 bits per heavy atom. The van der Waals surface area contributed by atoms with Crippen molar-refractivity contribution in [2.24, 2.45) is 11.8 Å². The topological polar surface area (TPSA) is 12.5 Å². The van der Waals surface area contributed by atoms with Gasteiger partial charge in [-0.15, -0.1) is 0 Å². The lowest BCUT2D eigenvalue weighted by atomic mass is 9.89. The zero-order valence-electron chi connectivity index (χ0n) is 14.0. The third-order valence-corrected chi connectivity index (χ3v) is 10.2. The van der Waals surface area contributed by atoms with Crippen molar-refractivity contribution in [1.29, 1.82) is 0 Å². The summed E-state index contributed by atoms with van der Waals surface area (Å²) in [5, 5.41) is 0.322. The van der Waals surface area contributed by atoms with Gasteiger partial charge in [-0.05, 0) is 42.8 Å². The van der Waals surface area contributed by atoms with Gasteiger partial charge in [0.15, 0.2) is 8.32 Å². The van der Waals surface area contributed by atoms with Crippen molar-refractivity contribution >= 4 is 8.32 Å². The quantitative estimate of drug-likeness (QED) is 0.722. The third-order valence-electron chi connectivity index (χ3n) is 5.70. The molecule has 0 spiro atoms. The summed E-state index contributed by atoms with van der Waals surface area (Å²) in [6.07, 6.45) is 2.68. The predicted octanol–water partition coefficient (Wildman–Crippen LogP) is 4.13. The average molecular weight is 284 g/mol. The summed E-state index contributed by atoms with van der Waals surface area (Å²) in [4.78, 5) is 2.73. The zero-order chi connectivity index (χ0) is 14.5. The van der Waals surface area contributed by atoms with Gasteiger partial charge in [0, 0.05) is 18.6 Å². The lowest BCUT2D eigenvalue weighted by Gasteiger charge is -2.41. The van der Waals surface area contributed by atoms with Crippen molar-refractivity contribution in [3.8, 4) is 0 Å². The van der Waals surface area contributed by atoms with Crippen LogP contribution in [-0.4, -0.2) is 38.5 Å². The third kappa shape index (κ3) is 2.93. The molecule has 2 rings (SSSR count). The molecule has 112 valence electrons. The van der Waals surface area contributed by atoms with Crippen LogP contribution in [0.15, 0.2) is 0 Å². The number of rotatable bonds is 3. The van der Waals surface area contributed by atoms with Gasteiger partial charge in [0.05, 0.1) is 6.61 Å². The summed E-state index contributed by atoms with van der Waals surface area (Å²) in [5.41, 5.74) is 0.369. The van der Waals surface area contributed by atoms with E-state index < -0.39 is 8.32 Å². The molecular weight excluding hydrogens is 250 g/mol. The van der Waals surface area contributed by atoms with Gasteiger partial charge in [-0.3, -0.25) is 4.90 Å². The maximum Gasteiger partial charge on any atom is 0.192 e. The Bertz CT molecular complexity index is 320. The Morgan fingerprint density at radius 2 is 1.58 bits per heavy atom. The second-order valence-corrected chi connectivity index (χ2v) is 13.6. The van der Waals surface area contributed by atoms with Crippen LogP contribution < -0.4 is 0 Å². The fraction of sp³-hybridized carbons (Fsp3) is 1.00. The molecular formula is C16H33NOSi. The standard InChI is InChI=1S/C16H33NOSi/c1-13-8-16(9-14(2)11-17(16)10-13)12-18-19(6,7)15(3,4)5/h13-14H,8-12H2,1-7H3. The first-order chi connectivity index (χ1) is 8.56. The Balaban J connectivity index is 2.05. The van der Waals surface area contributed by atoms with Gasteiger partial charge in [0.2, 0.25) is 0 Å². The second-order valence-electron chi connectivity index (χ2n) is 8.80. The van der Waals surface area contributed by atoms with E-state index in [1.165, 1.54) is 25.9 Å². The van der Waals surface area contributed by atoms with E-state index in [4.69, 9.17) is 4.43 Å². The van der Waals surface area contributed by atoms with E-state index >= 15 is 0 Å². The normalized spacial score (nSPS) is 36.8. The lowest BCUT2D eigenvalue weighted by molar-refractivity contribution is 0.105. The van der Waals surface area contributed by atoms with Gasteiger partial charge < -0.3 is 4.43 Å². The maximum absolute atomic E-state index is 6.58. The first-order valence-electron chi connectivity index (χ1n) is 7.95. The minimum atomic E-state index is -1.61. The van der Waals surface area contributed by atoms with Crippen LogP contribution in [0, 0.1) is 11.8 Å². The van der Waals surface area contributed by atoms with E-state index in [9.17, 15) is 0 Å². The number of hydrogen-bond donors (Lipinski definition) is 0. The molecule has 2 saturated heterocycles. The molecule has 0 amide bonds. The molecule has 2 nitrogen and oxygen atoms in total. The smallest absolute Gasteiger partial charge is 0.192 e. The SMILES string of the molecule is CC1CN2CC(C)CC2(CO[Si](C)(C)C(C)(C)C)C1. The Kier molecular flexibility index (Phi) is 3.96. The summed E-state index contributed by atoms with van der Waals surface area (Å²) < 4.78 is 6.58. The largest absolute Gasteiger partial charge is 0.415 e. The van der Waals surface area contributed by atoms with Crippen LogP contribution in [0.2, 0.25) is 18.1 Å². The highest BCUT2D eigenvalue weighted by atomic mass is 28.4. The predicted molar refractivity (Wildman–Crippen MR) is 85.0 cm³/mol. The minimum Gasteiger partial charge on any atom is -0.415 e. The molecule has 0 saturated carbocycles. The number of fused-ring (bicyclic) bond motifs is 1. The summed E-state index contributed by atoms with van der Waals surface area (Å²) in [6.45, 7) is 20.1. The summed E-state index contributed by atoms with van der Waals surface area (Å²) >= 11 is 0. The first-order valence-corrected chi connectivity index (χ1v) is 10.9. The molecule has 0 N–H and O–H groups in total. The molecule has 3 heteroatoms. The van der Waals surface area contributed by atoms with E-state index in [-0.39, 0.29) is 0 Å². The van der Waals surface area contributed by atoms with E-state index in [1.54, 1.807) is 0 Å². The van der Waals surface area contributed by atoms with Crippen molar-refractivity contribution < 1.29 is 4.43 Å². The molecule has 0 radical (unpaired) electrons. The fourth-order valence-electron chi connectivity index (χ4n) is 3.72. The van der Waals surface area contributed by atoms with Crippen LogP contribution in [-0.2, 0) is 4.43 Å². The highest BCUT2D eigenvalue weighted by molar-refractivity contribution is 6.74. The molecule has 2 atom stereocenters. The number of hydrogen-bond acceptors (Lipinski definition) is 2. The summed E-state index contributed by atoms with van der Waals surface area (Å²) in [6, 6.07) is 0. The van der Waals surface area contributed by atoms with Crippen molar-refractivity contribution in [3.05, 3.63) is 0 Å². The van der Waals surface area contributed by atoms with Crippen LogP contribution in [0.3, 0.4) is 0 Å². The fourth-order valence-corrected chi connectivity index (χ4v) is 4.79. The molecule has 0 aliphatic carbocycles. The summed E-state index contributed by atoms with van der Waals surface area (Å²) in [5.74, 6) is 1.69. The zero-order valence-corrected chi connectivity index (χ0v) is 15.0. The van der Waals surface area contributed by atoms with Gasteiger partial charge >= 0.3 is 0 Å². The maximum atomic E-state index is 6.58. The molecule has 2 aliphatic heterocycles. The summed E-state index contributed by atoms with van der Waals surface area (Å²) in [7, 11) is -1.61. The van der Waals surface area contributed by atoms with E-state index in [0.29, 0.717) is 10.6 Å². The molecule has 0 aromatic heterocycles. The molecule has 19 heavy (non-hydrogen) atoms. The number of nitrogens with zero attached hydrogens (tertiary/aromatic N) is 1. The minimum absolute atomic E-state index is 0.322. The molecule has 2 aliphatic rings. The van der Waals surface area contributed by atoms with Crippen molar-refractivity contribution in [2.75, 3.05) is 19.7 Å². The van der Waals surface area contributed by atoms with Crippen LogP contribution in [0.25, 0.3) is 0 Å². The highest BCUT2D eigenvalue weighted by Gasteiger charge is 2.51. The van der Waals surface area contributed by atoms with Crippen LogP contribution in [0.4, 0.5) is 0 Å². The van der Waals surface area contributed by atoms with E-state index in [1.807, 2.05) is 0 Å². The first kappa shape index (κ1) is 15.5. The molecule has 0 bridgehead atoms. The van der Waals surface area contributed by atoms with Gasteiger partial charge in [0.25, 0.3) is 0 Å². The Labute approximate surface area is 121 Å². The molecule has 2 fully saturated rings. The Morgan fingerprint density at radius 3 is 2.00 bits per heavy atom.